The number of nitrogens with two attached hydrogens (primary N) is 3. The summed E-state index contributed by atoms with van der Waals surface area (Å²) >= 11 is 0. The Morgan fingerprint density at radius 1 is 1.09 bits per heavy atom. The molecule has 4 amide bonds. The molecule has 0 aromatic carbocycles. The van der Waals surface area contributed by atoms with Crippen molar-refractivity contribution >= 4 is 29.6 Å². The number of hydrogen-bond donors (Lipinski definition) is 8. The second-order valence-electron chi connectivity index (χ2n) is 7.08. The van der Waals surface area contributed by atoms with Gasteiger partial charge in [0.15, 0.2) is 0 Å². The van der Waals surface area contributed by atoms with E-state index in [-0.39, 0.29) is 6.42 Å². The Morgan fingerprint density at radius 3 is 2.38 bits per heavy atom. The molecule has 0 bridgehead atoms. The van der Waals surface area contributed by atoms with Crippen molar-refractivity contribution in [2.75, 3.05) is 13.1 Å². The second-order valence-corrected chi connectivity index (χ2v) is 7.08. The lowest BCUT2D eigenvalue weighted by molar-refractivity contribution is -0.143. The summed E-state index contributed by atoms with van der Waals surface area (Å²) in [6, 6.07) is -3.44. The number of aromatic nitrogens is 2. The van der Waals surface area contributed by atoms with E-state index in [2.05, 4.69) is 25.9 Å². The van der Waals surface area contributed by atoms with Crippen molar-refractivity contribution < 1.29 is 29.1 Å². The standard InChI is InChI=1S/C18H30N8O6/c19-4-2-1-3-11(20)16(29)26-12(5-10-7-22-9-24-10)17(30)23-8-15(28)25-13(18(31)32)6-14(21)27/h7,9,11-13H,1-6,8,19-20H2,(H2,21,27)(H,22,24)(H,23,30)(H,25,28)(H,26,29)(H,31,32). The van der Waals surface area contributed by atoms with Crippen molar-refractivity contribution in [1.29, 1.82) is 0 Å². The number of carbonyl (C=O) groups excluding carboxylic acids is 4. The first-order chi connectivity index (χ1) is 15.1. The number of H-pyrrole nitrogens is 1. The zero-order valence-electron chi connectivity index (χ0n) is 17.5. The third kappa shape index (κ3) is 9.99. The predicted molar refractivity (Wildman–Crippen MR) is 111 cm³/mol. The van der Waals surface area contributed by atoms with Crippen LogP contribution in [0.25, 0.3) is 0 Å². The van der Waals surface area contributed by atoms with E-state index in [0.29, 0.717) is 31.5 Å². The van der Waals surface area contributed by atoms with Crippen molar-refractivity contribution in [2.24, 2.45) is 17.2 Å². The fraction of sp³-hybridized carbons (Fsp3) is 0.556. The molecular formula is C18H30N8O6. The van der Waals surface area contributed by atoms with Crippen molar-refractivity contribution in [3.05, 3.63) is 18.2 Å². The van der Waals surface area contributed by atoms with Gasteiger partial charge in [0.25, 0.3) is 0 Å². The van der Waals surface area contributed by atoms with Crippen LogP contribution in [-0.4, -0.2) is 75.9 Å². The third-order valence-corrected chi connectivity index (χ3v) is 4.38. The normalized spacial score (nSPS) is 13.4. The molecule has 1 heterocycles. The summed E-state index contributed by atoms with van der Waals surface area (Å²) in [6.07, 6.45) is 4.08. The number of amides is 4. The average Bonchev–Trinajstić information content (AvgIpc) is 3.23. The molecule has 0 saturated carbocycles. The Hall–Kier alpha value is -3.52. The lowest BCUT2D eigenvalue weighted by Crippen LogP contribution is -2.54. The SMILES string of the molecule is NCCCCC(N)C(=O)NC(Cc1cnc[nH]1)C(=O)NCC(=O)NC(CC(N)=O)C(=O)O. The van der Waals surface area contributed by atoms with Gasteiger partial charge in [-0.1, -0.05) is 6.42 Å². The lowest BCUT2D eigenvalue weighted by atomic mass is 10.1. The lowest BCUT2D eigenvalue weighted by Gasteiger charge is -2.20. The maximum atomic E-state index is 12.6. The summed E-state index contributed by atoms with van der Waals surface area (Å²) in [5, 5.41) is 16.0. The number of imidazole rings is 1. The molecule has 0 radical (unpaired) electrons. The number of aliphatic carboxylic acids is 1. The van der Waals surface area contributed by atoms with Crippen LogP contribution in [0.2, 0.25) is 0 Å². The van der Waals surface area contributed by atoms with Crippen LogP contribution < -0.4 is 33.2 Å². The average molecular weight is 454 g/mol. The predicted octanol–water partition coefficient (Wildman–Crippen LogP) is -3.55. The number of rotatable bonds is 15. The summed E-state index contributed by atoms with van der Waals surface area (Å²) in [4.78, 5) is 65.6. The zero-order chi connectivity index (χ0) is 24.1. The molecule has 14 nitrogen and oxygen atoms in total. The molecule has 3 unspecified atom stereocenters. The van der Waals surface area contributed by atoms with Gasteiger partial charge >= 0.3 is 5.97 Å². The van der Waals surface area contributed by atoms with Crippen LogP contribution in [-0.2, 0) is 30.4 Å². The molecule has 11 N–H and O–H groups in total. The van der Waals surface area contributed by atoms with Gasteiger partial charge in [0, 0.05) is 18.3 Å². The zero-order valence-corrected chi connectivity index (χ0v) is 17.5. The van der Waals surface area contributed by atoms with E-state index in [1.54, 1.807) is 0 Å². The van der Waals surface area contributed by atoms with Gasteiger partial charge in [-0.2, -0.15) is 0 Å². The van der Waals surface area contributed by atoms with Gasteiger partial charge in [-0.05, 0) is 19.4 Å². The first kappa shape index (κ1) is 26.5. The summed E-state index contributed by atoms with van der Waals surface area (Å²) in [5.74, 6) is -4.45. The van der Waals surface area contributed by atoms with Crippen LogP contribution >= 0.6 is 0 Å². The molecule has 0 saturated heterocycles. The van der Waals surface area contributed by atoms with Gasteiger partial charge in [0.2, 0.25) is 23.6 Å². The van der Waals surface area contributed by atoms with Crippen LogP contribution in [0.1, 0.15) is 31.4 Å². The molecular weight excluding hydrogens is 424 g/mol. The summed E-state index contributed by atoms with van der Waals surface area (Å²) in [5.41, 5.74) is 16.8. The van der Waals surface area contributed by atoms with Crippen molar-refractivity contribution in [2.45, 2.75) is 50.2 Å². The van der Waals surface area contributed by atoms with Crippen LogP contribution in [0.5, 0.6) is 0 Å². The van der Waals surface area contributed by atoms with E-state index in [1.807, 2.05) is 0 Å². The first-order valence-electron chi connectivity index (χ1n) is 9.95. The molecule has 178 valence electrons. The fourth-order valence-corrected chi connectivity index (χ4v) is 2.68. The second kappa shape index (κ2) is 13.7. The summed E-state index contributed by atoms with van der Waals surface area (Å²) in [6.45, 7) is -0.108. The third-order valence-electron chi connectivity index (χ3n) is 4.38. The van der Waals surface area contributed by atoms with E-state index in [1.165, 1.54) is 12.5 Å². The number of aromatic amines is 1. The van der Waals surface area contributed by atoms with E-state index >= 15 is 0 Å². The van der Waals surface area contributed by atoms with Gasteiger partial charge in [-0.3, -0.25) is 19.2 Å². The molecule has 0 fully saturated rings. The Balaban J connectivity index is 2.70. The highest BCUT2D eigenvalue weighted by Crippen LogP contribution is 2.02. The summed E-state index contributed by atoms with van der Waals surface area (Å²) in [7, 11) is 0. The number of carboxylic acid groups (broad SMARTS) is 1. The minimum Gasteiger partial charge on any atom is -0.480 e. The number of nitrogens with one attached hydrogen (secondary N) is 4. The highest BCUT2D eigenvalue weighted by atomic mass is 16.4. The molecule has 32 heavy (non-hydrogen) atoms. The topological polar surface area (TPSA) is 248 Å². The van der Waals surface area contributed by atoms with Crippen molar-refractivity contribution in [3.8, 4) is 0 Å². The summed E-state index contributed by atoms with van der Waals surface area (Å²) < 4.78 is 0. The Kier molecular flexibility index (Phi) is 11.4. The van der Waals surface area contributed by atoms with E-state index < -0.39 is 60.7 Å². The largest absolute Gasteiger partial charge is 0.480 e. The number of primary amides is 1. The van der Waals surface area contributed by atoms with E-state index in [4.69, 9.17) is 22.3 Å². The highest BCUT2D eigenvalue weighted by Gasteiger charge is 2.26. The van der Waals surface area contributed by atoms with E-state index in [9.17, 15) is 24.0 Å². The van der Waals surface area contributed by atoms with Crippen LogP contribution in [0.4, 0.5) is 0 Å². The first-order valence-corrected chi connectivity index (χ1v) is 9.95. The number of unbranched alkanes of at least 4 members (excludes halogenated alkanes) is 1. The van der Waals surface area contributed by atoms with Crippen LogP contribution in [0.15, 0.2) is 12.5 Å². The number of nitrogens with zero attached hydrogens (tertiary/aromatic N) is 1. The molecule has 3 atom stereocenters. The molecule has 14 heteroatoms. The van der Waals surface area contributed by atoms with Gasteiger partial charge in [0.1, 0.15) is 12.1 Å². The van der Waals surface area contributed by atoms with Gasteiger partial charge in [0.05, 0.1) is 25.3 Å². The number of carbonyl (C=O) groups is 5. The van der Waals surface area contributed by atoms with Gasteiger partial charge < -0.3 is 43.2 Å². The van der Waals surface area contributed by atoms with Gasteiger partial charge in [-0.25, -0.2) is 9.78 Å². The Morgan fingerprint density at radius 2 is 1.81 bits per heavy atom. The molecule has 0 aliphatic heterocycles. The smallest absolute Gasteiger partial charge is 0.326 e. The maximum absolute atomic E-state index is 12.6. The van der Waals surface area contributed by atoms with Crippen molar-refractivity contribution in [1.82, 2.24) is 25.9 Å². The Bertz CT molecular complexity index is 784. The highest BCUT2D eigenvalue weighted by molar-refractivity contribution is 5.93. The maximum Gasteiger partial charge on any atom is 0.326 e. The molecule has 1 rings (SSSR count). The van der Waals surface area contributed by atoms with E-state index in [0.717, 1.165) is 0 Å². The molecule has 1 aromatic rings. The number of hydrogen-bond acceptors (Lipinski definition) is 8. The minimum atomic E-state index is -1.52. The quantitative estimate of drug-likeness (QED) is 0.122. The number of carboxylic acids is 1. The molecule has 0 spiro atoms. The van der Waals surface area contributed by atoms with Crippen molar-refractivity contribution in [3.63, 3.8) is 0 Å². The van der Waals surface area contributed by atoms with Gasteiger partial charge in [-0.15, -0.1) is 0 Å². The molecule has 1 aromatic heterocycles. The monoisotopic (exact) mass is 454 g/mol. The fourth-order valence-electron chi connectivity index (χ4n) is 2.68. The van der Waals surface area contributed by atoms with Crippen LogP contribution in [0, 0.1) is 0 Å². The molecule has 0 aliphatic carbocycles. The Labute approximate surface area is 184 Å². The van der Waals surface area contributed by atoms with Crippen LogP contribution in [0.3, 0.4) is 0 Å². The molecule has 0 aliphatic rings. The minimum absolute atomic E-state index is 0.0497.